The highest BCUT2D eigenvalue weighted by atomic mass is 16.5. The summed E-state index contributed by atoms with van der Waals surface area (Å²) in [6.45, 7) is 4.53. The van der Waals surface area contributed by atoms with Crippen LogP contribution in [-0.4, -0.2) is 17.6 Å². The Hall–Kier alpha value is -3.28. The van der Waals surface area contributed by atoms with Gasteiger partial charge in [0.1, 0.15) is 17.2 Å². The number of nitrogens with one attached hydrogen (secondary N) is 2. The second kappa shape index (κ2) is 8.20. The minimum absolute atomic E-state index is 0.269. The topological polar surface area (TPSA) is 76.4 Å². The molecule has 0 fully saturated rings. The predicted molar refractivity (Wildman–Crippen MR) is 100 cm³/mol. The van der Waals surface area contributed by atoms with E-state index < -0.39 is 0 Å². The number of amides is 2. The Morgan fingerprint density at radius 1 is 1.12 bits per heavy atom. The molecule has 0 saturated heterocycles. The monoisotopic (exact) mass is 351 g/mol. The van der Waals surface area contributed by atoms with Crippen molar-refractivity contribution in [3.05, 3.63) is 66.1 Å². The summed E-state index contributed by atoms with van der Waals surface area (Å²) in [4.78, 5) is 16.7. The van der Waals surface area contributed by atoms with E-state index in [0.29, 0.717) is 35.4 Å². The van der Waals surface area contributed by atoms with Crippen molar-refractivity contribution >= 4 is 11.7 Å². The molecular weight excluding hydrogens is 330 g/mol. The van der Waals surface area contributed by atoms with Gasteiger partial charge in [-0.3, -0.25) is 0 Å². The zero-order chi connectivity index (χ0) is 18.4. The summed E-state index contributed by atoms with van der Waals surface area (Å²) < 4.78 is 11.2. The van der Waals surface area contributed by atoms with Crippen LogP contribution >= 0.6 is 0 Å². The Kier molecular flexibility index (Phi) is 5.53. The van der Waals surface area contributed by atoms with Gasteiger partial charge in [-0.1, -0.05) is 30.3 Å². The van der Waals surface area contributed by atoms with Crippen molar-refractivity contribution in [1.29, 1.82) is 0 Å². The molecule has 1 heterocycles. The maximum atomic E-state index is 12.2. The van der Waals surface area contributed by atoms with Crippen molar-refractivity contribution in [2.24, 2.45) is 0 Å². The maximum Gasteiger partial charge on any atom is 0.319 e. The lowest BCUT2D eigenvalue weighted by molar-refractivity contribution is 0.251. The van der Waals surface area contributed by atoms with Crippen molar-refractivity contribution in [3.8, 4) is 17.2 Å². The van der Waals surface area contributed by atoms with Crippen molar-refractivity contribution in [2.45, 2.75) is 20.4 Å². The molecule has 2 N–H and O–H groups in total. The second-order valence-electron chi connectivity index (χ2n) is 5.62. The normalized spacial score (nSPS) is 10.4. The lowest BCUT2D eigenvalue weighted by Crippen LogP contribution is -2.28. The van der Waals surface area contributed by atoms with Crippen LogP contribution in [0.1, 0.15) is 18.4 Å². The molecule has 0 aliphatic carbocycles. The lowest BCUT2D eigenvalue weighted by Gasteiger charge is -2.11. The number of para-hydroxylation sites is 2. The van der Waals surface area contributed by atoms with Crippen LogP contribution in [0.4, 0.5) is 10.5 Å². The standard InChI is InChI=1S/C20H21N3O3/c1-3-25-18-12-8-7-11-16(18)23-20(24)21-13-17-14(2)26-19(22-17)15-9-5-4-6-10-15/h4-12H,3,13H2,1-2H3,(H2,21,23,24). The number of benzene rings is 2. The van der Waals surface area contributed by atoms with Crippen molar-refractivity contribution < 1.29 is 13.9 Å². The van der Waals surface area contributed by atoms with Crippen LogP contribution in [0.3, 0.4) is 0 Å². The van der Waals surface area contributed by atoms with E-state index in [1.807, 2.05) is 62.4 Å². The van der Waals surface area contributed by atoms with Crippen LogP contribution in [0.2, 0.25) is 0 Å². The first-order chi connectivity index (χ1) is 12.7. The van der Waals surface area contributed by atoms with Gasteiger partial charge in [0.2, 0.25) is 5.89 Å². The fourth-order valence-electron chi connectivity index (χ4n) is 2.48. The second-order valence-corrected chi connectivity index (χ2v) is 5.62. The van der Waals surface area contributed by atoms with Crippen LogP contribution in [-0.2, 0) is 6.54 Å². The molecule has 2 amide bonds. The molecular formula is C20H21N3O3. The molecule has 1 aromatic heterocycles. The van der Waals surface area contributed by atoms with Gasteiger partial charge in [-0.25, -0.2) is 9.78 Å². The predicted octanol–water partition coefficient (Wildman–Crippen LogP) is 4.37. The lowest BCUT2D eigenvalue weighted by atomic mass is 10.2. The summed E-state index contributed by atoms with van der Waals surface area (Å²) in [5.74, 6) is 1.86. The van der Waals surface area contributed by atoms with Gasteiger partial charge < -0.3 is 19.8 Å². The molecule has 0 atom stereocenters. The zero-order valence-corrected chi connectivity index (χ0v) is 14.8. The summed E-state index contributed by atoms with van der Waals surface area (Å²) in [5.41, 5.74) is 2.21. The summed E-state index contributed by atoms with van der Waals surface area (Å²) in [7, 11) is 0. The van der Waals surface area contributed by atoms with Crippen molar-refractivity contribution in [3.63, 3.8) is 0 Å². The van der Waals surface area contributed by atoms with Gasteiger partial charge in [-0.2, -0.15) is 0 Å². The number of hydrogen-bond acceptors (Lipinski definition) is 4. The van der Waals surface area contributed by atoms with E-state index in [9.17, 15) is 4.79 Å². The fraction of sp³-hybridized carbons (Fsp3) is 0.200. The number of ether oxygens (including phenoxy) is 1. The minimum atomic E-state index is -0.333. The van der Waals surface area contributed by atoms with E-state index in [4.69, 9.17) is 9.15 Å². The van der Waals surface area contributed by atoms with Crippen LogP contribution in [0.25, 0.3) is 11.5 Å². The quantitative estimate of drug-likeness (QED) is 0.691. The van der Waals surface area contributed by atoms with E-state index in [-0.39, 0.29) is 12.6 Å². The average molecular weight is 351 g/mol. The van der Waals surface area contributed by atoms with E-state index in [0.717, 1.165) is 5.56 Å². The summed E-state index contributed by atoms with van der Waals surface area (Å²) in [5, 5.41) is 5.58. The molecule has 6 heteroatoms. The molecule has 0 saturated carbocycles. The molecule has 0 aliphatic rings. The van der Waals surface area contributed by atoms with Crippen molar-refractivity contribution in [2.75, 3.05) is 11.9 Å². The zero-order valence-electron chi connectivity index (χ0n) is 14.8. The van der Waals surface area contributed by atoms with E-state index in [1.54, 1.807) is 6.07 Å². The first-order valence-corrected chi connectivity index (χ1v) is 8.45. The number of aryl methyl sites for hydroxylation is 1. The van der Waals surface area contributed by atoms with Crippen LogP contribution < -0.4 is 15.4 Å². The smallest absolute Gasteiger partial charge is 0.319 e. The van der Waals surface area contributed by atoms with Gasteiger partial charge in [0.25, 0.3) is 0 Å². The number of nitrogens with zero attached hydrogens (tertiary/aromatic N) is 1. The number of aromatic nitrogens is 1. The van der Waals surface area contributed by atoms with Gasteiger partial charge in [0, 0.05) is 5.56 Å². The number of urea groups is 1. The average Bonchev–Trinajstić information content (AvgIpc) is 3.03. The first kappa shape index (κ1) is 17.5. The van der Waals surface area contributed by atoms with E-state index in [2.05, 4.69) is 15.6 Å². The molecule has 3 aromatic rings. The number of carbonyl (C=O) groups excluding carboxylic acids is 1. The molecule has 0 spiro atoms. The van der Waals surface area contributed by atoms with Gasteiger partial charge >= 0.3 is 6.03 Å². The summed E-state index contributed by atoms with van der Waals surface area (Å²) in [6, 6.07) is 16.6. The minimum Gasteiger partial charge on any atom is -0.492 e. The molecule has 0 radical (unpaired) electrons. The number of anilines is 1. The molecule has 2 aromatic carbocycles. The summed E-state index contributed by atoms with van der Waals surface area (Å²) in [6.07, 6.45) is 0. The van der Waals surface area contributed by atoms with Gasteiger partial charge in [0.05, 0.1) is 18.8 Å². The Bertz CT molecular complexity index is 875. The number of hydrogen-bond donors (Lipinski definition) is 2. The molecule has 6 nitrogen and oxygen atoms in total. The largest absolute Gasteiger partial charge is 0.492 e. The van der Waals surface area contributed by atoms with E-state index in [1.165, 1.54) is 0 Å². The third-order valence-electron chi connectivity index (χ3n) is 3.76. The molecule has 0 bridgehead atoms. The van der Waals surface area contributed by atoms with Gasteiger partial charge in [0.15, 0.2) is 0 Å². The van der Waals surface area contributed by atoms with E-state index >= 15 is 0 Å². The highest BCUT2D eigenvalue weighted by Gasteiger charge is 2.13. The highest BCUT2D eigenvalue weighted by Crippen LogP contribution is 2.24. The Labute approximate surface area is 152 Å². The molecule has 134 valence electrons. The highest BCUT2D eigenvalue weighted by molar-refractivity contribution is 5.90. The number of oxazole rings is 1. The molecule has 3 rings (SSSR count). The fourth-order valence-corrected chi connectivity index (χ4v) is 2.48. The van der Waals surface area contributed by atoms with Crippen LogP contribution in [0, 0.1) is 6.92 Å². The number of carbonyl (C=O) groups is 1. The van der Waals surface area contributed by atoms with Gasteiger partial charge in [-0.15, -0.1) is 0 Å². The van der Waals surface area contributed by atoms with Crippen LogP contribution in [0.15, 0.2) is 59.0 Å². The maximum absolute atomic E-state index is 12.2. The SMILES string of the molecule is CCOc1ccccc1NC(=O)NCc1nc(-c2ccccc2)oc1C. The van der Waals surface area contributed by atoms with Crippen molar-refractivity contribution in [1.82, 2.24) is 10.3 Å². The summed E-state index contributed by atoms with van der Waals surface area (Å²) >= 11 is 0. The third kappa shape index (κ3) is 4.22. The Balaban J connectivity index is 1.63. The molecule has 26 heavy (non-hydrogen) atoms. The Morgan fingerprint density at radius 2 is 1.85 bits per heavy atom. The first-order valence-electron chi connectivity index (χ1n) is 8.45. The Morgan fingerprint density at radius 3 is 2.62 bits per heavy atom. The molecule has 0 aliphatic heterocycles. The molecule has 0 unspecified atom stereocenters. The number of rotatable bonds is 6. The van der Waals surface area contributed by atoms with Gasteiger partial charge in [-0.05, 0) is 38.1 Å². The third-order valence-corrected chi connectivity index (χ3v) is 3.76. The van der Waals surface area contributed by atoms with Crippen LogP contribution in [0.5, 0.6) is 5.75 Å².